The first kappa shape index (κ1) is 12.1. The number of nitrogens with one attached hydrogen (secondary N) is 1. The van der Waals surface area contributed by atoms with Crippen molar-refractivity contribution in [2.24, 2.45) is 0 Å². The van der Waals surface area contributed by atoms with Crippen molar-refractivity contribution in [3.63, 3.8) is 0 Å². The maximum absolute atomic E-state index is 5.43. The second-order valence-corrected chi connectivity index (χ2v) is 6.13. The van der Waals surface area contributed by atoms with Crippen LogP contribution in [0.15, 0.2) is 27.1 Å². The second-order valence-electron chi connectivity index (χ2n) is 3.84. The molecule has 1 aromatic rings. The van der Waals surface area contributed by atoms with Gasteiger partial charge in [-0.3, -0.25) is 0 Å². The van der Waals surface area contributed by atoms with E-state index in [1.165, 1.54) is 14.9 Å². The van der Waals surface area contributed by atoms with Gasteiger partial charge in [-0.1, -0.05) is 6.92 Å². The number of thiophene rings is 1. The zero-order valence-corrected chi connectivity index (χ0v) is 11.7. The highest BCUT2D eigenvalue weighted by Crippen LogP contribution is 2.32. The lowest BCUT2D eigenvalue weighted by Gasteiger charge is -2.23. The first-order valence-electron chi connectivity index (χ1n) is 5.59. The van der Waals surface area contributed by atoms with Crippen molar-refractivity contribution in [1.29, 1.82) is 0 Å². The summed E-state index contributed by atoms with van der Waals surface area (Å²) in [5.41, 5.74) is 2.69. The Hall–Kier alpha value is -0.320. The highest BCUT2D eigenvalue weighted by atomic mass is 79.9. The molecule has 1 N–H and O–H groups in total. The van der Waals surface area contributed by atoms with Crippen LogP contribution in [-0.2, 0) is 4.74 Å². The summed E-state index contributed by atoms with van der Waals surface area (Å²) in [4.78, 5) is 0. The minimum Gasteiger partial charge on any atom is -0.501 e. The monoisotopic (exact) mass is 301 g/mol. The molecule has 0 radical (unpaired) electrons. The smallest absolute Gasteiger partial charge is 0.0876 e. The van der Waals surface area contributed by atoms with Crippen LogP contribution in [0.3, 0.4) is 0 Å². The van der Waals surface area contributed by atoms with Gasteiger partial charge in [-0.2, -0.15) is 0 Å². The fourth-order valence-corrected chi connectivity index (χ4v) is 3.14. The van der Waals surface area contributed by atoms with E-state index in [4.69, 9.17) is 4.74 Å². The van der Waals surface area contributed by atoms with Crippen molar-refractivity contribution in [2.75, 3.05) is 13.2 Å². The molecule has 16 heavy (non-hydrogen) atoms. The normalized spacial score (nSPS) is 17.8. The van der Waals surface area contributed by atoms with Crippen molar-refractivity contribution in [3.8, 4) is 0 Å². The van der Waals surface area contributed by atoms with Gasteiger partial charge in [0.05, 0.1) is 22.7 Å². The summed E-state index contributed by atoms with van der Waals surface area (Å²) in [6, 6.07) is 2.50. The van der Waals surface area contributed by atoms with Gasteiger partial charge in [-0.05, 0) is 57.9 Å². The predicted molar refractivity (Wildman–Crippen MR) is 71.7 cm³/mol. The van der Waals surface area contributed by atoms with Crippen LogP contribution in [0.4, 0.5) is 0 Å². The van der Waals surface area contributed by atoms with Gasteiger partial charge >= 0.3 is 0 Å². The molecule has 1 atom stereocenters. The average molecular weight is 302 g/mol. The van der Waals surface area contributed by atoms with Crippen LogP contribution in [0.5, 0.6) is 0 Å². The fourth-order valence-electron chi connectivity index (χ4n) is 1.94. The van der Waals surface area contributed by atoms with E-state index in [0.29, 0.717) is 6.04 Å². The molecular formula is C12H16BrNOS. The lowest BCUT2D eigenvalue weighted by Crippen LogP contribution is -2.23. The van der Waals surface area contributed by atoms with Crippen LogP contribution in [0.25, 0.3) is 0 Å². The Bertz CT molecular complexity index is 375. The minimum absolute atomic E-state index is 0.313. The maximum atomic E-state index is 5.43. The summed E-state index contributed by atoms with van der Waals surface area (Å²) in [5.74, 6) is 0. The Kier molecular flexibility index (Phi) is 4.44. The molecule has 0 saturated heterocycles. The SMILES string of the molecule is CCNC(C1=COCCC1)c1csc(Br)c1. The summed E-state index contributed by atoms with van der Waals surface area (Å²) in [7, 11) is 0. The van der Waals surface area contributed by atoms with E-state index in [1.807, 2.05) is 6.26 Å². The third kappa shape index (κ3) is 2.87. The fraction of sp³-hybridized carbons (Fsp3) is 0.500. The molecule has 2 heterocycles. The number of hydrogen-bond donors (Lipinski definition) is 1. The summed E-state index contributed by atoms with van der Waals surface area (Å²) in [5, 5.41) is 5.72. The van der Waals surface area contributed by atoms with Gasteiger partial charge in [0.25, 0.3) is 0 Å². The molecule has 2 nitrogen and oxygen atoms in total. The zero-order chi connectivity index (χ0) is 11.4. The first-order valence-corrected chi connectivity index (χ1v) is 7.26. The zero-order valence-electron chi connectivity index (χ0n) is 9.33. The summed E-state index contributed by atoms with van der Waals surface area (Å²) >= 11 is 5.25. The van der Waals surface area contributed by atoms with E-state index in [9.17, 15) is 0 Å². The predicted octanol–water partition coefficient (Wildman–Crippen LogP) is 3.86. The minimum atomic E-state index is 0.313. The van der Waals surface area contributed by atoms with Gasteiger partial charge in [0, 0.05) is 0 Å². The van der Waals surface area contributed by atoms with Crippen LogP contribution < -0.4 is 5.32 Å². The van der Waals surface area contributed by atoms with E-state index in [0.717, 1.165) is 26.0 Å². The van der Waals surface area contributed by atoms with Gasteiger partial charge in [0.2, 0.25) is 0 Å². The Balaban J connectivity index is 2.19. The van der Waals surface area contributed by atoms with Gasteiger partial charge in [0.1, 0.15) is 0 Å². The van der Waals surface area contributed by atoms with E-state index in [-0.39, 0.29) is 0 Å². The lowest BCUT2D eigenvalue weighted by molar-refractivity contribution is 0.219. The standard InChI is InChI=1S/C12H16BrNOS/c1-2-14-12(9-4-3-5-15-7-9)10-6-11(13)16-8-10/h6-8,12,14H,2-5H2,1H3. The van der Waals surface area contributed by atoms with E-state index in [1.54, 1.807) is 11.3 Å². The quantitative estimate of drug-likeness (QED) is 0.912. The first-order chi connectivity index (χ1) is 7.81. The molecule has 88 valence electrons. The van der Waals surface area contributed by atoms with Crippen molar-refractivity contribution in [3.05, 3.63) is 32.6 Å². The number of hydrogen-bond acceptors (Lipinski definition) is 3. The number of rotatable bonds is 4. The van der Waals surface area contributed by atoms with E-state index >= 15 is 0 Å². The molecule has 1 aromatic heterocycles. The molecule has 1 unspecified atom stereocenters. The van der Waals surface area contributed by atoms with Gasteiger partial charge in [-0.25, -0.2) is 0 Å². The highest BCUT2D eigenvalue weighted by Gasteiger charge is 2.19. The van der Waals surface area contributed by atoms with Crippen LogP contribution in [0.2, 0.25) is 0 Å². The Morgan fingerprint density at radius 3 is 3.06 bits per heavy atom. The Morgan fingerprint density at radius 2 is 2.50 bits per heavy atom. The number of ether oxygens (including phenoxy) is 1. The summed E-state index contributed by atoms with van der Waals surface area (Å²) in [6.45, 7) is 3.96. The van der Waals surface area contributed by atoms with E-state index in [2.05, 4.69) is 39.6 Å². The van der Waals surface area contributed by atoms with Gasteiger partial charge in [0.15, 0.2) is 0 Å². The molecule has 0 amide bonds. The number of halogens is 1. The molecular weight excluding hydrogens is 286 g/mol. The van der Waals surface area contributed by atoms with Crippen molar-refractivity contribution in [2.45, 2.75) is 25.8 Å². The van der Waals surface area contributed by atoms with Crippen molar-refractivity contribution in [1.82, 2.24) is 5.32 Å². The van der Waals surface area contributed by atoms with Gasteiger partial charge < -0.3 is 10.1 Å². The Labute approximate surface area is 109 Å². The lowest BCUT2D eigenvalue weighted by atomic mass is 9.97. The van der Waals surface area contributed by atoms with Crippen molar-refractivity contribution >= 4 is 27.3 Å². The molecule has 0 bridgehead atoms. The third-order valence-electron chi connectivity index (χ3n) is 2.66. The summed E-state index contributed by atoms with van der Waals surface area (Å²) in [6.07, 6.45) is 4.19. The second kappa shape index (κ2) is 5.84. The molecule has 0 saturated carbocycles. The third-order valence-corrected chi connectivity index (χ3v) is 4.19. The highest BCUT2D eigenvalue weighted by molar-refractivity contribution is 9.11. The molecule has 0 fully saturated rings. The van der Waals surface area contributed by atoms with Crippen LogP contribution in [0, 0.1) is 0 Å². The van der Waals surface area contributed by atoms with E-state index < -0.39 is 0 Å². The molecule has 1 aliphatic heterocycles. The van der Waals surface area contributed by atoms with Crippen LogP contribution in [-0.4, -0.2) is 13.2 Å². The number of likely N-dealkylation sites (N-methyl/N-ethyl adjacent to an activating group) is 1. The van der Waals surface area contributed by atoms with Crippen LogP contribution in [0.1, 0.15) is 31.4 Å². The molecule has 2 rings (SSSR count). The molecule has 0 spiro atoms. The molecule has 4 heteroatoms. The Morgan fingerprint density at radius 1 is 1.62 bits per heavy atom. The molecule has 1 aliphatic rings. The topological polar surface area (TPSA) is 21.3 Å². The largest absolute Gasteiger partial charge is 0.501 e. The maximum Gasteiger partial charge on any atom is 0.0876 e. The summed E-state index contributed by atoms with van der Waals surface area (Å²) < 4.78 is 6.61. The molecule has 0 aromatic carbocycles. The molecule has 0 aliphatic carbocycles. The van der Waals surface area contributed by atoms with Crippen LogP contribution >= 0.6 is 27.3 Å². The average Bonchev–Trinajstić information content (AvgIpc) is 2.74. The van der Waals surface area contributed by atoms with Crippen molar-refractivity contribution < 1.29 is 4.74 Å². The van der Waals surface area contributed by atoms with Gasteiger partial charge in [-0.15, -0.1) is 11.3 Å².